The Hall–Kier alpha value is -0.900. The second kappa shape index (κ2) is 4.80. The first-order valence-electron chi connectivity index (χ1n) is 8.69. The third kappa shape index (κ3) is 2.14. The van der Waals surface area contributed by atoms with Gasteiger partial charge in [-0.2, -0.15) is 4.98 Å². The molecule has 4 nitrogen and oxygen atoms in total. The standard InChI is InChI=1S/C17H27N3O/c1-3-10(2)14(18)15-19-16(20-21-15)17-7-11-4-12(8-17)6-13(5-11)9-17/h10-14H,3-9,18H2,1-2H3/t10-,11?,12?,13?,14-,17?/m0/s1. The predicted molar refractivity (Wildman–Crippen MR) is 80.5 cm³/mol. The van der Waals surface area contributed by atoms with Crippen LogP contribution < -0.4 is 5.73 Å². The number of hydrogen-bond donors (Lipinski definition) is 1. The summed E-state index contributed by atoms with van der Waals surface area (Å²) in [4.78, 5) is 4.77. The van der Waals surface area contributed by atoms with Gasteiger partial charge in [-0.25, -0.2) is 0 Å². The molecule has 0 amide bonds. The average molecular weight is 289 g/mol. The fraction of sp³-hybridized carbons (Fsp3) is 0.882. The molecule has 1 heterocycles. The van der Waals surface area contributed by atoms with Crippen LogP contribution in [0.1, 0.15) is 76.6 Å². The van der Waals surface area contributed by atoms with Gasteiger partial charge in [0.15, 0.2) is 5.82 Å². The molecule has 4 bridgehead atoms. The molecule has 0 aromatic carbocycles. The minimum Gasteiger partial charge on any atom is -0.338 e. The SMILES string of the molecule is CC[C@H](C)[C@H](N)c1nc(C23CC4CC(CC(C4)C2)C3)no1. The summed E-state index contributed by atoms with van der Waals surface area (Å²) >= 11 is 0. The van der Waals surface area contributed by atoms with E-state index in [9.17, 15) is 0 Å². The number of nitrogens with zero attached hydrogens (tertiary/aromatic N) is 2. The van der Waals surface area contributed by atoms with Crippen molar-refractivity contribution in [1.29, 1.82) is 0 Å². The van der Waals surface area contributed by atoms with Gasteiger partial charge in [-0.3, -0.25) is 0 Å². The van der Waals surface area contributed by atoms with Crippen molar-refractivity contribution in [2.24, 2.45) is 29.4 Å². The molecule has 21 heavy (non-hydrogen) atoms. The van der Waals surface area contributed by atoms with Gasteiger partial charge in [0.05, 0.1) is 6.04 Å². The molecular weight excluding hydrogens is 262 g/mol. The normalized spacial score (nSPS) is 40.4. The third-order valence-electron chi connectivity index (χ3n) is 6.50. The summed E-state index contributed by atoms with van der Waals surface area (Å²) in [6.45, 7) is 4.31. The van der Waals surface area contributed by atoms with E-state index in [-0.39, 0.29) is 11.5 Å². The minimum atomic E-state index is -0.120. The van der Waals surface area contributed by atoms with Crippen LogP contribution in [0.4, 0.5) is 0 Å². The van der Waals surface area contributed by atoms with Crippen LogP contribution in [0, 0.1) is 23.7 Å². The first-order valence-corrected chi connectivity index (χ1v) is 8.69. The van der Waals surface area contributed by atoms with Crippen molar-refractivity contribution in [3.63, 3.8) is 0 Å². The lowest BCUT2D eigenvalue weighted by molar-refractivity contribution is -0.0103. The Kier molecular flexibility index (Phi) is 3.14. The van der Waals surface area contributed by atoms with Gasteiger partial charge in [0.2, 0.25) is 5.89 Å². The van der Waals surface area contributed by atoms with E-state index in [2.05, 4.69) is 19.0 Å². The van der Waals surface area contributed by atoms with Crippen LogP contribution in [0.2, 0.25) is 0 Å². The molecule has 0 aliphatic heterocycles. The Balaban J connectivity index is 1.61. The van der Waals surface area contributed by atoms with Gasteiger partial charge >= 0.3 is 0 Å². The van der Waals surface area contributed by atoms with E-state index in [1.165, 1.54) is 38.5 Å². The van der Waals surface area contributed by atoms with Crippen LogP contribution in [0.15, 0.2) is 4.52 Å². The molecule has 116 valence electrons. The summed E-state index contributed by atoms with van der Waals surface area (Å²) in [5.41, 5.74) is 6.47. The number of nitrogens with two attached hydrogens (primary N) is 1. The molecule has 4 fully saturated rings. The monoisotopic (exact) mass is 289 g/mol. The molecule has 0 unspecified atom stereocenters. The molecule has 0 spiro atoms. The maximum atomic E-state index is 6.26. The van der Waals surface area contributed by atoms with E-state index in [0.29, 0.717) is 11.8 Å². The fourth-order valence-electron chi connectivity index (χ4n) is 5.47. The Bertz CT molecular complexity index is 489. The zero-order chi connectivity index (χ0) is 14.6. The molecule has 0 radical (unpaired) electrons. The lowest BCUT2D eigenvalue weighted by atomic mass is 9.49. The van der Waals surface area contributed by atoms with Crippen LogP contribution >= 0.6 is 0 Å². The van der Waals surface area contributed by atoms with Crippen molar-refractivity contribution < 1.29 is 4.52 Å². The Morgan fingerprint density at radius 2 is 1.76 bits per heavy atom. The smallest absolute Gasteiger partial charge is 0.243 e. The van der Waals surface area contributed by atoms with Gasteiger partial charge in [0.1, 0.15) is 0 Å². The highest BCUT2D eigenvalue weighted by Gasteiger charge is 2.53. The van der Waals surface area contributed by atoms with E-state index >= 15 is 0 Å². The first-order chi connectivity index (χ1) is 10.1. The molecule has 4 saturated carbocycles. The van der Waals surface area contributed by atoms with E-state index in [1.807, 2.05) is 0 Å². The molecule has 4 aliphatic rings. The number of hydrogen-bond acceptors (Lipinski definition) is 4. The van der Waals surface area contributed by atoms with Crippen molar-refractivity contribution >= 4 is 0 Å². The topological polar surface area (TPSA) is 64.9 Å². The summed E-state index contributed by atoms with van der Waals surface area (Å²) < 4.78 is 5.55. The highest BCUT2D eigenvalue weighted by Crippen LogP contribution is 2.60. The van der Waals surface area contributed by atoms with Crippen molar-refractivity contribution in [2.45, 2.75) is 70.3 Å². The Morgan fingerprint density at radius 3 is 2.29 bits per heavy atom. The highest BCUT2D eigenvalue weighted by molar-refractivity contribution is 5.17. The second-order valence-electron chi connectivity index (χ2n) is 8.07. The van der Waals surface area contributed by atoms with Crippen LogP contribution in [-0.2, 0) is 5.41 Å². The van der Waals surface area contributed by atoms with E-state index in [0.717, 1.165) is 30.0 Å². The summed E-state index contributed by atoms with van der Waals surface area (Å²) in [5.74, 6) is 4.71. The van der Waals surface area contributed by atoms with Crippen LogP contribution in [0.25, 0.3) is 0 Å². The van der Waals surface area contributed by atoms with Crippen LogP contribution in [-0.4, -0.2) is 10.1 Å². The predicted octanol–water partition coefficient (Wildman–Crippen LogP) is 3.58. The zero-order valence-corrected chi connectivity index (χ0v) is 13.2. The van der Waals surface area contributed by atoms with Crippen molar-refractivity contribution in [1.82, 2.24) is 10.1 Å². The molecule has 2 N–H and O–H groups in total. The molecule has 2 atom stereocenters. The first kappa shape index (κ1) is 13.7. The van der Waals surface area contributed by atoms with Gasteiger partial charge in [0.25, 0.3) is 0 Å². The maximum absolute atomic E-state index is 6.26. The van der Waals surface area contributed by atoms with Crippen molar-refractivity contribution in [3.8, 4) is 0 Å². The lowest BCUT2D eigenvalue weighted by Gasteiger charge is -2.55. The largest absolute Gasteiger partial charge is 0.338 e. The van der Waals surface area contributed by atoms with Crippen molar-refractivity contribution in [2.75, 3.05) is 0 Å². The molecule has 1 aromatic heterocycles. The van der Waals surface area contributed by atoms with E-state index in [1.54, 1.807) is 0 Å². The summed E-state index contributed by atoms with van der Waals surface area (Å²) in [6.07, 6.45) is 9.18. The molecule has 4 aliphatic carbocycles. The van der Waals surface area contributed by atoms with E-state index in [4.69, 9.17) is 15.2 Å². The molecule has 4 heteroatoms. The van der Waals surface area contributed by atoms with Gasteiger partial charge in [0, 0.05) is 5.41 Å². The Morgan fingerprint density at radius 1 is 1.19 bits per heavy atom. The van der Waals surface area contributed by atoms with Crippen molar-refractivity contribution in [3.05, 3.63) is 11.7 Å². The summed E-state index contributed by atoms with van der Waals surface area (Å²) in [6, 6.07) is -0.120. The average Bonchev–Trinajstić information content (AvgIpc) is 2.94. The lowest BCUT2D eigenvalue weighted by Crippen LogP contribution is -2.49. The van der Waals surface area contributed by atoms with Gasteiger partial charge < -0.3 is 10.3 Å². The van der Waals surface area contributed by atoms with Crippen LogP contribution in [0.3, 0.4) is 0 Å². The molecular formula is C17H27N3O. The summed E-state index contributed by atoms with van der Waals surface area (Å²) in [5, 5.41) is 4.38. The highest BCUT2D eigenvalue weighted by atomic mass is 16.5. The van der Waals surface area contributed by atoms with E-state index < -0.39 is 0 Å². The molecule has 5 rings (SSSR count). The van der Waals surface area contributed by atoms with Gasteiger partial charge in [-0.1, -0.05) is 25.4 Å². The quantitative estimate of drug-likeness (QED) is 0.920. The molecule has 0 saturated heterocycles. The second-order valence-corrected chi connectivity index (χ2v) is 8.07. The number of rotatable bonds is 4. The van der Waals surface area contributed by atoms with Gasteiger partial charge in [-0.15, -0.1) is 0 Å². The molecule has 1 aromatic rings. The summed E-state index contributed by atoms with van der Waals surface area (Å²) in [7, 11) is 0. The minimum absolute atomic E-state index is 0.120. The Labute approximate surface area is 126 Å². The fourth-order valence-corrected chi connectivity index (χ4v) is 5.47. The zero-order valence-electron chi connectivity index (χ0n) is 13.2. The van der Waals surface area contributed by atoms with Crippen LogP contribution in [0.5, 0.6) is 0 Å². The maximum Gasteiger partial charge on any atom is 0.243 e. The third-order valence-corrected chi connectivity index (χ3v) is 6.50. The van der Waals surface area contributed by atoms with Gasteiger partial charge in [-0.05, 0) is 62.2 Å². The number of aromatic nitrogens is 2.